The summed E-state index contributed by atoms with van der Waals surface area (Å²) < 4.78 is 18.0. The number of carbonyl (C=O) groups is 2. The van der Waals surface area contributed by atoms with Gasteiger partial charge in [0.2, 0.25) is 0 Å². The fraction of sp³-hybridized carbons (Fsp3) is 0.385. The maximum absolute atomic E-state index is 12.9. The first-order valence-electron chi connectivity index (χ1n) is 5.75. The summed E-state index contributed by atoms with van der Waals surface area (Å²) in [5.74, 6) is -2.17. The standard InChI is InChI=1S/C13H16FNO4/c1-9(13(17)18)7-15(2)12(16)8-19-11-5-3-4-10(14)6-11/h3-6,9H,7-8H2,1-2H3,(H,17,18). The van der Waals surface area contributed by atoms with Crippen LogP contribution >= 0.6 is 0 Å². The van der Waals surface area contributed by atoms with Crippen LogP contribution < -0.4 is 4.74 Å². The number of aliphatic carboxylic acids is 1. The van der Waals surface area contributed by atoms with E-state index in [1.54, 1.807) is 0 Å². The zero-order valence-corrected chi connectivity index (χ0v) is 10.8. The van der Waals surface area contributed by atoms with Gasteiger partial charge in [-0.05, 0) is 12.1 Å². The highest BCUT2D eigenvalue weighted by atomic mass is 19.1. The van der Waals surface area contributed by atoms with Crippen LogP contribution in [0.1, 0.15) is 6.92 Å². The fourth-order valence-corrected chi connectivity index (χ4v) is 1.40. The molecule has 1 rings (SSSR count). The summed E-state index contributed by atoms with van der Waals surface area (Å²) in [6, 6.07) is 5.46. The van der Waals surface area contributed by atoms with Crippen LogP contribution in [-0.2, 0) is 9.59 Å². The molecule has 6 heteroatoms. The van der Waals surface area contributed by atoms with Gasteiger partial charge in [0.05, 0.1) is 5.92 Å². The van der Waals surface area contributed by atoms with Gasteiger partial charge in [0.1, 0.15) is 11.6 Å². The Morgan fingerprint density at radius 3 is 2.74 bits per heavy atom. The highest BCUT2D eigenvalue weighted by Gasteiger charge is 2.17. The number of hydrogen-bond donors (Lipinski definition) is 1. The van der Waals surface area contributed by atoms with Crippen LogP contribution in [0.15, 0.2) is 24.3 Å². The van der Waals surface area contributed by atoms with Crippen molar-refractivity contribution < 1.29 is 23.8 Å². The molecule has 1 aromatic carbocycles. The van der Waals surface area contributed by atoms with E-state index in [0.717, 1.165) is 0 Å². The van der Waals surface area contributed by atoms with Gasteiger partial charge in [-0.3, -0.25) is 9.59 Å². The van der Waals surface area contributed by atoms with Crippen molar-refractivity contribution in [3.05, 3.63) is 30.1 Å². The van der Waals surface area contributed by atoms with Crippen LogP contribution in [0.2, 0.25) is 0 Å². The molecular formula is C13H16FNO4. The lowest BCUT2D eigenvalue weighted by Crippen LogP contribution is -2.36. The smallest absolute Gasteiger partial charge is 0.308 e. The number of benzene rings is 1. The van der Waals surface area contributed by atoms with Gasteiger partial charge in [-0.2, -0.15) is 0 Å². The third-order valence-electron chi connectivity index (χ3n) is 2.55. The number of nitrogens with zero attached hydrogens (tertiary/aromatic N) is 1. The number of ether oxygens (including phenoxy) is 1. The number of carboxylic acids is 1. The topological polar surface area (TPSA) is 66.8 Å². The fourth-order valence-electron chi connectivity index (χ4n) is 1.40. The lowest BCUT2D eigenvalue weighted by atomic mass is 10.2. The van der Waals surface area contributed by atoms with Crippen LogP contribution in [0, 0.1) is 11.7 Å². The van der Waals surface area contributed by atoms with E-state index >= 15 is 0 Å². The van der Waals surface area contributed by atoms with E-state index in [2.05, 4.69) is 0 Å². The minimum absolute atomic E-state index is 0.0979. The van der Waals surface area contributed by atoms with Crippen LogP contribution in [0.4, 0.5) is 4.39 Å². The third-order valence-corrected chi connectivity index (χ3v) is 2.55. The average molecular weight is 269 g/mol. The lowest BCUT2D eigenvalue weighted by molar-refractivity contribution is -0.143. The molecule has 0 heterocycles. The maximum Gasteiger partial charge on any atom is 0.308 e. The largest absolute Gasteiger partial charge is 0.484 e. The van der Waals surface area contributed by atoms with E-state index in [1.807, 2.05) is 0 Å². The molecule has 0 saturated carbocycles. The van der Waals surface area contributed by atoms with E-state index in [0.29, 0.717) is 0 Å². The van der Waals surface area contributed by atoms with Gasteiger partial charge in [0.25, 0.3) is 5.91 Å². The number of rotatable bonds is 6. The molecule has 19 heavy (non-hydrogen) atoms. The number of carbonyl (C=O) groups excluding carboxylic acids is 1. The predicted octanol–water partition coefficient (Wildman–Crippen LogP) is 1.38. The van der Waals surface area contributed by atoms with Gasteiger partial charge >= 0.3 is 5.97 Å². The van der Waals surface area contributed by atoms with Crippen molar-refractivity contribution in [3.8, 4) is 5.75 Å². The Labute approximate surface area is 110 Å². The Bertz CT molecular complexity index is 464. The SMILES string of the molecule is CC(CN(C)C(=O)COc1cccc(F)c1)C(=O)O. The summed E-state index contributed by atoms with van der Waals surface area (Å²) in [4.78, 5) is 23.6. The maximum atomic E-state index is 12.9. The number of carboxylic acid groups (broad SMARTS) is 1. The zero-order valence-electron chi connectivity index (χ0n) is 10.8. The molecule has 0 saturated heterocycles. The van der Waals surface area contributed by atoms with E-state index in [-0.39, 0.29) is 24.8 Å². The second kappa shape index (κ2) is 6.72. The van der Waals surface area contributed by atoms with Gasteiger partial charge in [-0.15, -0.1) is 0 Å². The van der Waals surface area contributed by atoms with Crippen molar-refractivity contribution in [3.63, 3.8) is 0 Å². The normalized spacial score (nSPS) is 11.7. The molecule has 0 radical (unpaired) electrons. The summed E-state index contributed by atoms with van der Waals surface area (Å²) in [6.45, 7) is 1.35. The van der Waals surface area contributed by atoms with Crippen LogP contribution in [-0.4, -0.2) is 42.1 Å². The lowest BCUT2D eigenvalue weighted by Gasteiger charge is -2.19. The Hall–Kier alpha value is -2.11. The average Bonchev–Trinajstić information content (AvgIpc) is 2.35. The molecule has 1 atom stereocenters. The first-order chi connectivity index (χ1) is 8.90. The van der Waals surface area contributed by atoms with Gasteiger partial charge < -0.3 is 14.7 Å². The monoisotopic (exact) mass is 269 g/mol. The minimum atomic E-state index is -0.967. The molecule has 0 fully saturated rings. The predicted molar refractivity (Wildman–Crippen MR) is 66.3 cm³/mol. The first kappa shape index (κ1) is 14.9. The molecule has 5 nitrogen and oxygen atoms in total. The van der Waals surface area contributed by atoms with Gasteiger partial charge in [0.15, 0.2) is 6.61 Å². The van der Waals surface area contributed by atoms with E-state index < -0.39 is 17.7 Å². The molecule has 1 amide bonds. The summed E-state index contributed by atoms with van der Waals surface area (Å²) >= 11 is 0. The van der Waals surface area contributed by atoms with Crippen LogP contribution in [0.3, 0.4) is 0 Å². The minimum Gasteiger partial charge on any atom is -0.484 e. The van der Waals surface area contributed by atoms with Crippen molar-refractivity contribution in [1.29, 1.82) is 0 Å². The quantitative estimate of drug-likeness (QED) is 0.847. The molecule has 1 aromatic rings. The van der Waals surface area contributed by atoms with Crippen molar-refractivity contribution in [2.24, 2.45) is 5.92 Å². The summed E-state index contributed by atoms with van der Waals surface area (Å²) in [6.07, 6.45) is 0. The molecule has 0 spiro atoms. The molecule has 0 aliphatic heterocycles. The second-order valence-corrected chi connectivity index (χ2v) is 4.26. The van der Waals surface area contributed by atoms with Crippen LogP contribution in [0.25, 0.3) is 0 Å². The van der Waals surface area contributed by atoms with Crippen molar-refractivity contribution in [2.45, 2.75) is 6.92 Å². The second-order valence-electron chi connectivity index (χ2n) is 4.26. The molecule has 0 aromatic heterocycles. The van der Waals surface area contributed by atoms with E-state index in [1.165, 1.54) is 43.1 Å². The number of amides is 1. The van der Waals surface area contributed by atoms with Crippen LogP contribution in [0.5, 0.6) is 5.75 Å². The highest BCUT2D eigenvalue weighted by Crippen LogP contribution is 2.12. The molecule has 104 valence electrons. The molecule has 1 unspecified atom stereocenters. The Morgan fingerprint density at radius 2 is 2.16 bits per heavy atom. The highest BCUT2D eigenvalue weighted by molar-refractivity contribution is 5.78. The molecule has 0 aliphatic rings. The van der Waals surface area contributed by atoms with E-state index in [4.69, 9.17) is 9.84 Å². The number of hydrogen-bond acceptors (Lipinski definition) is 3. The van der Waals surface area contributed by atoms with Gasteiger partial charge in [0, 0.05) is 19.7 Å². The third kappa shape index (κ3) is 4.95. The van der Waals surface area contributed by atoms with Crippen molar-refractivity contribution in [2.75, 3.05) is 20.2 Å². The Kier molecular flexibility index (Phi) is 5.29. The molecule has 0 aliphatic carbocycles. The zero-order chi connectivity index (χ0) is 14.4. The summed E-state index contributed by atoms with van der Waals surface area (Å²) in [5.41, 5.74) is 0. The Morgan fingerprint density at radius 1 is 1.47 bits per heavy atom. The summed E-state index contributed by atoms with van der Waals surface area (Å²) in [5, 5.41) is 8.74. The van der Waals surface area contributed by atoms with E-state index in [9.17, 15) is 14.0 Å². The van der Waals surface area contributed by atoms with Gasteiger partial charge in [-0.1, -0.05) is 13.0 Å². The summed E-state index contributed by atoms with van der Waals surface area (Å²) in [7, 11) is 1.50. The van der Waals surface area contributed by atoms with Crippen molar-refractivity contribution in [1.82, 2.24) is 4.90 Å². The molecule has 1 N–H and O–H groups in total. The van der Waals surface area contributed by atoms with Gasteiger partial charge in [-0.25, -0.2) is 4.39 Å². The number of halogens is 1. The molecule has 0 bridgehead atoms. The first-order valence-corrected chi connectivity index (χ1v) is 5.75. The Balaban J connectivity index is 2.44. The van der Waals surface area contributed by atoms with Crippen molar-refractivity contribution >= 4 is 11.9 Å². The number of likely N-dealkylation sites (N-methyl/N-ethyl adjacent to an activating group) is 1. The molecular weight excluding hydrogens is 253 g/mol.